The lowest BCUT2D eigenvalue weighted by molar-refractivity contribution is 0.404. The standard InChI is InChI=1S/C7H8O2.C6H6O2/c1-9-7-4-2-3-6(8)5-7;7-5-3-1-2-4-6(5)8/h2-5,8H,1H3;1-4,7-8H. The molecular formula is C13H14O4. The van der Waals surface area contributed by atoms with Gasteiger partial charge in [0.1, 0.15) is 11.5 Å². The van der Waals surface area contributed by atoms with E-state index in [0.717, 1.165) is 0 Å². The van der Waals surface area contributed by atoms with Crippen LogP contribution in [0, 0.1) is 0 Å². The number of hydrogen-bond donors (Lipinski definition) is 3. The van der Waals surface area contributed by atoms with Crippen molar-refractivity contribution in [1.29, 1.82) is 0 Å². The largest absolute Gasteiger partial charge is 0.508 e. The summed E-state index contributed by atoms with van der Waals surface area (Å²) in [5, 5.41) is 26.2. The van der Waals surface area contributed by atoms with Crippen LogP contribution >= 0.6 is 0 Å². The van der Waals surface area contributed by atoms with Crippen molar-refractivity contribution in [3.05, 3.63) is 48.5 Å². The van der Waals surface area contributed by atoms with Crippen molar-refractivity contribution < 1.29 is 20.1 Å². The van der Waals surface area contributed by atoms with Gasteiger partial charge in [-0.2, -0.15) is 0 Å². The third-order valence-electron chi connectivity index (χ3n) is 1.94. The molecule has 0 amide bonds. The van der Waals surface area contributed by atoms with Gasteiger partial charge in [0.15, 0.2) is 11.5 Å². The van der Waals surface area contributed by atoms with Gasteiger partial charge in [0.05, 0.1) is 7.11 Å². The van der Waals surface area contributed by atoms with Gasteiger partial charge in [-0.1, -0.05) is 18.2 Å². The third-order valence-corrected chi connectivity index (χ3v) is 1.94. The number of rotatable bonds is 1. The van der Waals surface area contributed by atoms with Gasteiger partial charge in [-0.05, 0) is 24.3 Å². The predicted octanol–water partition coefficient (Wildman–Crippen LogP) is 2.50. The Morgan fingerprint density at radius 3 is 1.76 bits per heavy atom. The number of phenols is 3. The van der Waals surface area contributed by atoms with Crippen molar-refractivity contribution in [2.45, 2.75) is 0 Å². The molecule has 0 aromatic heterocycles. The van der Waals surface area contributed by atoms with Crippen molar-refractivity contribution in [3.63, 3.8) is 0 Å². The third kappa shape index (κ3) is 4.34. The highest BCUT2D eigenvalue weighted by atomic mass is 16.5. The quantitative estimate of drug-likeness (QED) is 0.663. The number of para-hydroxylation sites is 2. The van der Waals surface area contributed by atoms with E-state index in [2.05, 4.69) is 0 Å². The summed E-state index contributed by atoms with van der Waals surface area (Å²) in [5.74, 6) is 0.754. The molecular weight excluding hydrogens is 220 g/mol. The SMILES string of the molecule is COc1cccc(O)c1.Oc1ccccc1O. The van der Waals surface area contributed by atoms with E-state index < -0.39 is 0 Å². The molecule has 2 aromatic rings. The zero-order chi connectivity index (χ0) is 12.7. The average molecular weight is 234 g/mol. The highest BCUT2D eigenvalue weighted by molar-refractivity contribution is 5.36. The minimum Gasteiger partial charge on any atom is -0.508 e. The van der Waals surface area contributed by atoms with E-state index in [1.54, 1.807) is 43.5 Å². The van der Waals surface area contributed by atoms with Crippen LogP contribution in [0.4, 0.5) is 0 Å². The molecule has 0 fully saturated rings. The average Bonchev–Trinajstić information content (AvgIpc) is 2.34. The number of ether oxygens (including phenoxy) is 1. The Hall–Kier alpha value is -2.36. The van der Waals surface area contributed by atoms with Crippen LogP contribution in [-0.2, 0) is 0 Å². The summed E-state index contributed by atoms with van der Waals surface area (Å²) in [7, 11) is 1.56. The summed E-state index contributed by atoms with van der Waals surface area (Å²) in [6.07, 6.45) is 0. The van der Waals surface area contributed by atoms with Crippen LogP contribution in [-0.4, -0.2) is 22.4 Å². The van der Waals surface area contributed by atoms with Crippen LogP contribution < -0.4 is 4.74 Å². The van der Waals surface area contributed by atoms with E-state index >= 15 is 0 Å². The molecule has 0 radical (unpaired) electrons. The fourth-order valence-electron chi connectivity index (χ4n) is 1.07. The van der Waals surface area contributed by atoms with E-state index in [0.29, 0.717) is 5.75 Å². The minimum absolute atomic E-state index is 0.0764. The molecule has 0 spiro atoms. The zero-order valence-electron chi connectivity index (χ0n) is 9.37. The zero-order valence-corrected chi connectivity index (χ0v) is 9.37. The smallest absolute Gasteiger partial charge is 0.157 e. The molecule has 3 N–H and O–H groups in total. The Kier molecular flexibility index (Phi) is 4.69. The molecule has 0 aliphatic rings. The molecule has 0 aliphatic carbocycles. The van der Waals surface area contributed by atoms with E-state index in [9.17, 15) is 0 Å². The number of hydrogen-bond acceptors (Lipinski definition) is 4. The molecule has 2 aromatic carbocycles. The predicted molar refractivity (Wildman–Crippen MR) is 64.4 cm³/mol. The summed E-state index contributed by atoms with van der Waals surface area (Å²) < 4.78 is 4.84. The summed E-state index contributed by atoms with van der Waals surface area (Å²) in [4.78, 5) is 0. The second-order valence-corrected chi connectivity index (χ2v) is 3.19. The van der Waals surface area contributed by atoms with Gasteiger partial charge >= 0.3 is 0 Å². The van der Waals surface area contributed by atoms with Crippen LogP contribution in [0.2, 0.25) is 0 Å². The fraction of sp³-hybridized carbons (Fsp3) is 0.0769. The minimum atomic E-state index is -0.0764. The maximum atomic E-state index is 8.86. The molecule has 4 heteroatoms. The highest BCUT2D eigenvalue weighted by Gasteiger charge is 1.90. The molecule has 17 heavy (non-hydrogen) atoms. The van der Waals surface area contributed by atoms with Crippen LogP contribution in [0.25, 0.3) is 0 Å². The van der Waals surface area contributed by atoms with Crippen LogP contribution in [0.5, 0.6) is 23.0 Å². The molecule has 2 rings (SSSR count). The Labute approximate surface area is 99.4 Å². The summed E-state index contributed by atoms with van der Waals surface area (Å²) in [6, 6.07) is 12.8. The number of phenolic OH excluding ortho intramolecular Hbond substituents is 3. The van der Waals surface area contributed by atoms with Gasteiger partial charge in [0, 0.05) is 6.07 Å². The first-order chi connectivity index (χ1) is 8.13. The lowest BCUT2D eigenvalue weighted by Crippen LogP contribution is -1.79. The van der Waals surface area contributed by atoms with E-state index in [4.69, 9.17) is 20.1 Å². The van der Waals surface area contributed by atoms with E-state index in [1.165, 1.54) is 12.1 Å². The number of benzene rings is 2. The Morgan fingerprint density at radius 2 is 1.41 bits per heavy atom. The lowest BCUT2D eigenvalue weighted by atomic mass is 10.3. The fourth-order valence-corrected chi connectivity index (χ4v) is 1.07. The number of aromatic hydroxyl groups is 3. The lowest BCUT2D eigenvalue weighted by Gasteiger charge is -1.97. The van der Waals surface area contributed by atoms with Crippen LogP contribution in [0.1, 0.15) is 0 Å². The first-order valence-corrected chi connectivity index (χ1v) is 4.93. The molecule has 0 heterocycles. The van der Waals surface area contributed by atoms with Gasteiger partial charge in [-0.25, -0.2) is 0 Å². The van der Waals surface area contributed by atoms with Gasteiger partial charge in [0.2, 0.25) is 0 Å². The Balaban J connectivity index is 0.000000171. The maximum Gasteiger partial charge on any atom is 0.157 e. The second kappa shape index (κ2) is 6.27. The second-order valence-electron chi connectivity index (χ2n) is 3.19. The van der Waals surface area contributed by atoms with Gasteiger partial charge in [-0.3, -0.25) is 0 Å². The van der Waals surface area contributed by atoms with E-state index in [-0.39, 0.29) is 17.2 Å². The molecule has 0 unspecified atom stereocenters. The molecule has 0 aliphatic heterocycles. The van der Waals surface area contributed by atoms with E-state index in [1.807, 2.05) is 0 Å². The van der Waals surface area contributed by atoms with Crippen molar-refractivity contribution in [2.75, 3.05) is 7.11 Å². The normalized spacial score (nSPS) is 9.00. The van der Waals surface area contributed by atoms with Gasteiger partial charge in [-0.15, -0.1) is 0 Å². The van der Waals surface area contributed by atoms with Crippen molar-refractivity contribution in [3.8, 4) is 23.0 Å². The van der Waals surface area contributed by atoms with Gasteiger partial charge < -0.3 is 20.1 Å². The summed E-state index contributed by atoms with van der Waals surface area (Å²) >= 11 is 0. The van der Waals surface area contributed by atoms with Crippen molar-refractivity contribution in [2.24, 2.45) is 0 Å². The topological polar surface area (TPSA) is 69.9 Å². The molecule has 0 saturated carbocycles. The molecule has 0 atom stereocenters. The van der Waals surface area contributed by atoms with Crippen molar-refractivity contribution >= 4 is 0 Å². The molecule has 0 bridgehead atoms. The van der Waals surface area contributed by atoms with Crippen molar-refractivity contribution in [1.82, 2.24) is 0 Å². The molecule has 4 nitrogen and oxygen atoms in total. The van der Waals surface area contributed by atoms with Crippen LogP contribution in [0.15, 0.2) is 48.5 Å². The first kappa shape index (κ1) is 12.7. The van der Waals surface area contributed by atoms with Gasteiger partial charge in [0.25, 0.3) is 0 Å². The monoisotopic (exact) mass is 234 g/mol. The summed E-state index contributed by atoms with van der Waals surface area (Å²) in [6.45, 7) is 0. The Morgan fingerprint density at radius 1 is 0.824 bits per heavy atom. The molecule has 0 saturated heterocycles. The highest BCUT2D eigenvalue weighted by Crippen LogP contribution is 2.21. The first-order valence-electron chi connectivity index (χ1n) is 4.93. The van der Waals surface area contributed by atoms with Crippen LogP contribution in [0.3, 0.4) is 0 Å². The maximum absolute atomic E-state index is 8.86. The Bertz CT molecular complexity index is 447. The number of methoxy groups -OCH3 is 1. The molecule has 90 valence electrons. The summed E-state index contributed by atoms with van der Waals surface area (Å²) in [5.41, 5.74) is 0.